The van der Waals surface area contributed by atoms with Gasteiger partial charge in [0, 0.05) is 36.4 Å². The molecule has 2 aliphatic heterocycles. The van der Waals surface area contributed by atoms with E-state index in [2.05, 4.69) is 5.32 Å². The van der Waals surface area contributed by atoms with Crippen molar-refractivity contribution in [2.75, 3.05) is 33.5 Å². The van der Waals surface area contributed by atoms with Crippen molar-refractivity contribution < 1.29 is 38.8 Å². The average Bonchev–Trinajstić information content (AvgIpc) is 3.64. The van der Waals surface area contributed by atoms with Gasteiger partial charge in [-0.3, -0.25) is 14.4 Å². The molecule has 3 N–H and O–H groups in total. The molecule has 0 aromatic heterocycles. The lowest BCUT2D eigenvalue weighted by Crippen LogP contribution is -2.56. The number of ether oxygens (including phenoxy) is 3. The number of aliphatic hydroxyl groups excluding tert-OH is 2. The maximum atomic E-state index is 13.8. The molecule has 5 unspecified atom stereocenters. The summed E-state index contributed by atoms with van der Waals surface area (Å²) >= 11 is 0. The SMILES string of the molecule is COc1cc(C=O)cc2c1OC1C2C(C(=O)NCCO)=CC(N(Cc2ccccc2)C(=O)C2CCOC2)C1O. The van der Waals surface area contributed by atoms with E-state index in [1.165, 1.54) is 13.2 Å². The fourth-order valence-electron chi connectivity index (χ4n) is 5.63. The van der Waals surface area contributed by atoms with Gasteiger partial charge in [-0.15, -0.1) is 0 Å². The minimum absolute atomic E-state index is 0.0261. The van der Waals surface area contributed by atoms with Crippen LogP contribution in [0, 0.1) is 5.92 Å². The lowest BCUT2D eigenvalue weighted by atomic mass is 9.77. The number of methoxy groups -OCH3 is 1. The molecule has 0 bridgehead atoms. The summed E-state index contributed by atoms with van der Waals surface area (Å²) in [6.45, 7) is 0.756. The number of carbonyl (C=O) groups is 3. The van der Waals surface area contributed by atoms with Gasteiger partial charge < -0.3 is 34.6 Å². The van der Waals surface area contributed by atoms with E-state index >= 15 is 0 Å². The molecule has 1 aliphatic carbocycles. The summed E-state index contributed by atoms with van der Waals surface area (Å²) in [5.41, 5.74) is 2.02. The van der Waals surface area contributed by atoms with Crippen LogP contribution in [0.2, 0.25) is 0 Å². The van der Waals surface area contributed by atoms with E-state index in [4.69, 9.17) is 14.2 Å². The van der Waals surface area contributed by atoms with Gasteiger partial charge in [0.1, 0.15) is 18.5 Å². The highest BCUT2D eigenvalue weighted by Gasteiger charge is 2.52. The zero-order valence-corrected chi connectivity index (χ0v) is 21.6. The second kappa shape index (κ2) is 11.6. The monoisotopic (exact) mass is 536 g/mol. The fraction of sp³-hybridized carbons (Fsp3) is 0.414. The summed E-state index contributed by atoms with van der Waals surface area (Å²) in [6.07, 6.45) is 0.744. The van der Waals surface area contributed by atoms with Gasteiger partial charge in [-0.2, -0.15) is 0 Å². The minimum Gasteiger partial charge on any atom is -0.493 e. The smallest absolute Gasteiger partial charge is 0.247 e. The van der Waals surface area contributed by atoms with Gasteiger partial charge in [0.25, 0.3) is 0 Å². The molecule has 2 heterocycles. The van der Waals surface area contributed by atoms with E-state index in [0.29, 0.717) is 48.5 Å². The van der Waals surface area contributed by atoms with Crippen LogP contribution in [0.3, 0.4) is 0 Å². The standard InChI is InChI=1S/C29H32N2O8/c1-37-23-12-18(15-33)11-20-24-21(28(35)30-8-9-32)13-22(25(34)27(24)39-26(20)23)31(14-17-5-3-2-4-6-17)29(36)19-7-10-38-16-19/h2-6,11-13,15,19,22,24-25,27,32,34H,7-10,14,16H2,1H3,(H,30,35). The number of nitrogens with one attached hydrogen (secondary N) is 1. The van der Waals surface area contributed by atoms with Crippen LogP contribution in [0.5, 0.6) is 11.5 Å². The van der Waals surface area contributed by atoms with E-state index in [9.17, 15) is 24.6 Å². The summed E-state index contributed by atoms with van der Waals surface area (Å²) < 4.78 is 17.2. The molecule has 1 fully saturated rings. The fourth-order valence-corrected chi connectivity index (χ4v) is 5.63. The summed E-state index contributed by atoms with van der Waals surface area (Å²) in [5.74, 6) is -1.08. The van der Waals surface area contributed by atoms with Crippen LogP contribution in [-0.2, 0) is 20.9 Å². The highest BCUT2D eigenvalue weighted by Crippen LogP contribution is 2.51. The highest BCUT2D eigenvalue weighted by molar-refractivity contribution is 5.96. The number of rotatable bonds is 9. The Morgan fingerprint density at radius 3 is 2.69 bits per heavy atom. The van der Waals surface area contributed by atoms with Gasteiger partial charge in [-0.05, 0) is 30.2 Å². The second-order valence-electron chi connectivity index (χ2n) is 9.91. The van der Waals surface area contributed by atoms with Crippen LogP contribution in [0.1, 0.15) is 33.8 Å². The molecule has 5 rings (SSSR count). The Hall–Kier alpha value is -3.73. The minimum atomic E-state index is -1.20. The molecule has 0 radical (unpaired) electrons. The maximum absolute atomic E-state index is 13.8. The van der Waals surface area contributed by atoms with Crippen molar-refractivity contribution in [1.29, 1.82) is 0 Å². The number of aliphatic hydroxyl groups is 2. The molecule has 5 atom stereocenters. The number of hydrogen-bond acceptors (Lipinski definition) is 8. The molecule has 2 aromatic carbocycles. The molecule has 0 saturated carbocycles. The summed E-state index contributed by atoms with van der Waals surface area (Å²) in [5, 5.41) is 23.7. The van der Waals surface area contributed by atoms with Crippen molar-refractivity contribution in [3.8, 4) is 11.5 Å². The first-order valence-electron chi connectivity index (χ1n) is 13.0. The van der Waals surface area contributed by atoms with Crippen LogP contribution >= 0.6 is 0 Å². The van der Waals surface area contributed by atoms with E-state index in [-0.39, 0.29) is 37.1 Å². The molecule has 39 heavy (non-hydrogen) atoms. The zero-order valence-electron chi connectivity index (χ0n) is 21.6. The predicted molar refractivity (Wildman–Crippen MR) is 139 cm³/mol. The molecule has 0 spiro atoms. The molecule has 2 amide bonds. The maximum Gasteiger partial charge on any atom is 0.247 e. The lowest BCUT2D eigenvalue weighted by molar-refractivity contribution is -0.142. The number of carbonyl (C=O) groups excluding carboxylic acids is 3. The van der Waals surface area contributed by atoms with Gasteiger partial charge >= 0.3 is 0 Å². The van der Waals surface area contributed by atoms with Crippen molar-refractivity contribution in [1.82, 2.24) is 10.2 Å². The first kappa shape index (κ1) is 26.9. The molecule has 1 saturated heterocycles. The first-order valence-corrected chi connectivity index (χ1v) is 13.0. The van der Waals surface area contributed by atoms with Gasteiger partial charge in [0.2, 0.25) is 11.8 Å². The van der Waals surface area contributed by atoms with Crippen LogP contribution in [0.4, 0.5) is 0 Å². The predicted octanol–water partition coefficient (Wildman–Crippen LogP) is 1.20. The summed E-state index contributed by atoms with van der Waals surface area (Å²) in [4.78, 5) is 40.5. The third-order valence-electron chi connectivity index (χ3n) is 7.53. The van der Waals surface area contributed by atoms with E-state index in [1.807, 2.05) is 30.3 Å². The molecule has 10 nitrogen and oxygen atoms in total. The van der Waals surface area contributed by atoms with E-state index < -0.39 is 30.1 Å². The van der Waals surface area contributed by atoms with Gasteiger partial charge in [0.05, 0.1) is 38.2 Å². The van der Waals surface area contributed by atoms with Crippen molar-refractivity contribution in [2.45, 2.75) is 37.1 Å². The Kier molecular flexibility index (Phi) is 7.97. The lowest BCUT2D eigenvalue weighted by Gasteiger charge is -2.41. The van der Waals surface area contributed by atoms with E-state index in [0.717, 1.165) is 5.56 Å². The molecule has 10 heteroatoms. The molecule has 3 aliphatic rings. The van der Waals surface area contributed by atoms with Crippen molar-refractivity contribution >= 4 is 18.1 Å². The number of nitrogens with zero attached hydrogens (tertiary/aromatic N) is 1. The number of hydrogen-bond donors (Lipinski definition) is 3. The number of benzene rings is 2. The highest BCUT2D eigenvalue weighted by atomic mass is 16.5. The van der Waals surface area contributed by atoms with Crippen LogP contribution in [0.25, 0.3) is 0 Å². The third-order valence-corrected chi connectivity index (χ3v) is 7.53. The van der Waals surface area contributed by atoms with Gasteiger partial charge in [0.15, 0.2) is 11.5 Å². The summed E-state index contributed by atoms with van der Waals surface area (Å²) in [7, 11) is 1.45. The van der Waals surface area contributed by atoms with Crippen molar-refractivity contribution in [2.24, 2.45) is 5.92 Å². The number of fused-ring (bicyclic) bond motifs is 3. The molecular formula is C29H32N2O8. The second-order valence-corrected chi connectivity index (χ2v) is 9.91. The van der Waals surface area contributed by atoms with Gasteiger partial charge in [-0.1, -0.05) is 30.3 Å². The Labute approximate surface area is 226 Å². The number of amides is 2. The zero-order chi connectivity index (χ0) is 27.5. The van der Waals surface area contributed by atoms with Crippen LogP contribution < -0.4 is 14.8 Å². The van der Waals surface area contributed by atoms with Crippen molar-refractivity contribution in [3.63, 3.8) is 0 Å². The largest absolute Gasteiger partial charge is 0.493 e. The summed E-state index contributed by atoms with van der Waals surface area (Å²) in [6, 6.07) is 11.7. The number of aldehydes is 1. The Bertz CT molecular complexity index is 1260. The Morgan fingerprint density at radius 1 is 1.23 bits per heavy atom. The topological polar surface area (TPSA) is 135 Å². The van der Waals surface area contributed by atoms with Crippen LogP contribution in [-0.4, -0.2) is 84.9 Å². The quantitative estimate of drug-likeness (QED) is 0.407. The van der Waals surface area contributed by atoms with E-state index in [1.54, 1.807) is 17.0 Å². The van der Waals surface area contributed by atoms with Crippen LogP contribution in [0.15, 0.2) is 54.1 Å². The molecule has 206 valence electrons. The van der Waals surface area contributed by atoms with Gasteiger partial charge in [-0.25, -0.2) is 0 Å². The third kappa shape index (κ3) is 5.15. The molecular weight excluding hydrogens is 504 g/mol. The van der Waals surface area contributed by atoms with Crippen molar-refractivity contribution in [3.05, 3.63) is 70.8 Å². The Morgan fingerprint density at radius 2 is 2.03 bits per heavy atom. The normalized spacial score (nSPS) is 25.1. The molecule has 2 aromatic rings. The first-order chi connectivity index (χ1) is 19.0. The average molecular weight is 537 g/mol. The Balaban J connectivity index is 1.60.